The van der Waals surface area contributed by atoms with Crippen LogP contribution in [0.2, 0.25) is 5.02 Å². The highest BCUT2D eigenvalue weighted by molar-refractivity contribution is 6.30. The van der Waals surface area contributed by atoms with Crippen LogP contribution in [0.5, 0.6) is 0 Å². The summed E-state index contributed by atoms with van der Waals surface area (Å²) in [7, 11) is 0. The van der Waals surface area contributed by atoms with E-state index in [1.165, 1.54) is 12.3 Å². The van der Waals surface area contributed by atoms with E-state index < -0.39 is 17.7 Å². The van der Waals surface area contributed by atoms with Crippen LogP contribution in [0.15, 0.2) is 42.6 Å². The molecule has 0 aliphatic carbocycles. The second-order valence-electron chi connectivity index (χ2n) is 8.62. The molecule has 184 valence electrons. The number of hydrogen-bond donors (Lipinski definition) is 1. The number of morpholine rings is 1. The van der Waals surface area contributed by atoms with Crippen LogP contribution in [0.25, 0.3) is 0 Å². The van der Waals surface area contributed by atoms with Gasteiger partial charge in [0.2, 0.25) is 5.91 Å². The van der Waals surface area contributed by atoms with Gasteiger partial charge in [0.1, 0.15) is 5.82 Å². The Kier molecular flexibility index (Phi) is 7.95. The number of carbonyl (C=O) groups excluding carboxylic acids is 1. The van der Waals surface area contributed by atoms with Gasteiger partial charge < -0.3 is 15.0 Å². The first-order valence-corrected chi connectivity index (χ1v) is 11.8. The van der Waals surface area contributed by atoms with Crippen molar-refractivity contribution in [3.8, 4) is 0 Å². The minimum absolute atomic E-state index is 0.0440. The molecule has 2 atom stereocenters. The van der Waals surface area contributed by atoms with E-state index in [2.05, 4.69) is 15.2 Å². The van der Waals surface area contributed by atoms with Gasteiger partial charge in [0.05, 0.1) is 30.7 Å². The number of pyridine rings is 1. The van der Waals surface area contributed by atoms with Crippen molar-refractivity contribution in [2.75, 3.05) is 50.8 Å². The van der Waals surface area contributed by atoms with Crippen LogP contribution in [-0.4, -0.2) is 61.7 Å². The van der Waals surface area contributed by atoms with Gasteiger partial charge in [-0.1, -0.05) is 23.7 Å². The van der Waals surface area contributed by atoms with Gasteiger partial charge in [0.25, 0.3) is 0 Å². The number of aromatic nitrogens is 1. The molecule has 0 saturated carbocycles. The van der Waals surface area contributed by atoms with E-state index in [1.807, 2.05) is 24.3 Å². The predicted octanol–water partition coefficient (Wildman–Crippen LogP) is 4.16. The number of hydrogen-bond acceptors (Lipinski definition) is 5. The largest absolute Gasteiger partial charge is 0.419 e. The number of halogens is 4. The lowest BCUT2D eigenvalue weighted by Crippen LogP contribution is -2.47. The monoisotopic (exact) mass is 496 g/mol. The van der Waals surface area contributed by atoms with E-state index in [-0.39, 0.29) is 24.3 Å². The van der Waals surface area contributed by atoms with Gasteiger partial charge in [-0.2, -0.15) is 13.2 Å². The average molecular weight is 497 g/mol. The fraction of sp³-hybridized carbons (Fsp3) is 0.500. The smallest absolute Gasteiger partial charge is 0.379 e. The van der Waals surface area contributed by atoms with Crippen LogP contribution in [0.3, 0.4) is 0 Å². The zero-order valence-electron chi connectivity index (χ0n) is 18.7. The maximum absolute atomic E-state index is 13.5. The first kappa shape index (κ1) is 24.8. The zero-order chi connectivity index (χ0) is 24.1. The maximum atomic E-state index is 13.5. The number of benzene rings is 1. The lowest BCUT2D eigenvalue weighted by Gasteiger charge is -2.36. The van der Waals surface area contributed by atoms with Gasteiger partial charge >= 0.3 is 6.18 Å². The molecular formula is C24H28ClF3N4O2. The highest BCUT2D eigenvalue weighted by Crippen LogP contribution is 2.36. The highest BCUT2D eigenvalue weighted by Gasteiger charge is 2.37. The molecule has 34 heavy (non-hydrogen) atoms. The number of rotatable bonds is 6. The van der Waals surface area contributed by atoms with Gasteiger partial charge in [-0.3, -0.25) is 9.69 Å². The Labute approximate surface area is 202 Å². The van der Waals surface area contributed by atoms with E-state index in [4.69, 9.17) is 16.3 Å². The zero-order valence-corrected chi connectivity index (χ0v) is 19.5. The molecule has 6 nitrogen and oxygen atoms in total. The standard InChI is InChI=1S/C24H28ClF3N4O2/c25-19-7-5-17(6-8-19)21(31-11-13-34-14-12-31)15-30-23(33)18-3-2-10-32(16-18)22-20(24(26,27)28)4-1-9-29-22/h1,4-9,18,21H,2-3,10-16H2,(H,30,33). The molecule has 1 aromatic heterocycles. The molecule has 2 saturated heterocycles. The molecule has 0 spiro atoms. The van der Waals surface area contributed by atoms with Gasteiger partial charge in [0.15, 0.2) is 0 Å². The van der Waals surface area contributed by atoms with E-state index in [1.54, 1.807) is 4.90 Å². The van der Waals surface area contributed by atoms with Crippen molar-refractivity contribution in [2.24, 2.45) is 5.92 Å². The first-order chi connectivity index (χ1) is 16.3. The number of amides is 1. The predicted molar refractivity (Wildman–Crippen MR) is 124 cm³/mol. The summed E-state index contributed by atoms with van der Waals surface area (Å²) < 4.78 is 45.9. The Bertz CT molecular complexity index is 967. The molecule has 4 rings (SSSR count). The summed E-state index contributed by atoms with van der Waals surface area (Å²) in [6, 6.07) is 9.84. The molecular weight excluding hydrogens is 469 g/mol. The van der Waals surface area contributed by atoms with Crippen molar-refractivity contribution >= 4 is 23.3 Å². The van der Waals surface area contributed by atoms with Crippen molar-refractivity contribution in [3.05, 3.63) is 58.7 Å². The van der Waals surface area contributed by atoms with Crippen LogP contribution in [0.1, 0.15) is 30.0 Å². The molecule has 2 unspecified atom stereocenters. The van der Waals surface area contributed by atoms with Gasteiger partial charge in [0, 0.05) is 43.9 Å². The number of anilines is 1. The molecule has 0 radical (unpaired) electrons. The van der Waals surface area contributed by atoms with E-state index in [0.717, 1.165) is 24.7 Å². The quantitative estimate of drug-likeness (QED) is 0.651. The summed E-state index contributed by atoms with van der Waals surface area (Å²) in [6.07, 6.45) is -1.90. The molecule has 0 bridgehead atoms. The molecule has 1 amide bonds. The minimum atomic E-state index is -4.50. The SMILES string of the molecule is O=C(NCC(c1ccc(Cl)cc1)N1CCOCC1)C1CCCN(c2ncccc2C(F)(F)F)C1. The lowest BCUT2D eigenvalue weighted by molar-refractivity contribution is -0.137. The lowest BCUT2D eigenvalue weighted by atomic mass is 9.96. The Morgan fingerprint density at radius 3 is 2.62 bits per heavy atom. The normalized spacial score (nSPS) is 20.7. The Morgan fingerprint density at radius 2 is 1.91 bits per heavy atom. The van der Waals surface area contributed by atoms with Crippen LogP contribution >= 0.6 is 11.6 Å². The summed E-state index contributed by atoms with van der Waals surface area (Å²) >= 11 is 6.05. The fourth-order valence-corrected chi connectivity index (χ4v) is 4.75. The summed E-state index contributed by atoms with van der Waals surface area (Å²) in [5.41, 5.74) is 0.270. The van der Waals surface area contributed by atoms with Crippen molar-refractivity contribution in [3.63, 3.8) is 0 Å². The summed E-state index contributed by atoms with van der Waals surface area (Å²) in [5.74, 6) is -0.673. The third kappa shape index (κ3) is 6.00. The van der Waals surface area contributed by atoms with E-state index in [9.17, 15) is 18.0 Å². The van der Waals surface area contributed by atoms with Crippen molar-refractivity contribution in [1.82, 2.24) is 15.2 Å². The fourth-order valence-electron chi connectivity index (χ4n) is 4.63. The average Bonchev–Trinajstić information content (AvgIpc) is 2.85. The number of nitrogens with one attached hydrogen (secondary N) is 1. The summed E-state index contributed by atoms with van der Waals surface area (Å²) in [6.45, 7) is 3.79. The first-order valence-electron chi connectivity index (χ1n) is 11.4. The number of ether oxygens (including phenoxy) is 1. The molecule has 2 aliphatic rings. The summed E-state index contributed by atoms with van der Waals surface area (Å²) in [4.78, 5) is 20.9. The topological polar surface area (TPSA) is 57.7 Å². The van der Waals surface area contributed by atoms with Gasteiger partial charge in [-0.25, -0.2) is 4.98 Å². The molecule has 2 aromatic rings. The number of nitrogens with zero attached hydrogens (tertiary/aromatic N) is 3. The van der Waals surface area contributed by atoms with Crippen molar-refractivity contribution < 1.29 is 22.7 Å². The summed E-state index contributed by atoms with van der Waals surface area (Å²) in [5, 5.41) is 3.70. The number of piperidine rings is 1. The van der Waals surface area contributed by atoms with E-state index in [0.29, 0.717) is 44.2 Å². The third-order valence-electron chi connectivity index (χ3n) is 6.39. The molecule has 10 heteroatoms. The van der Waals surface area contributed by atoms with Crippen LogP contribution in [0.4, 0.5) is 19.0 Å². The molecule has 2 aliphatic heterocycles. The molecule has 3 heterocycles. The maximum Gasteiger partial charge on any atom is 0.419 e. The molecule has 1 aromatic carbocycles. The van der Waals surface area contributed by atoms with Crippen LogP contribution < -0.4 is 10.2 Å². The van der Waals surface area contributed by atoms with E-state index >= 15 is 0 Å². The highest BCUT2D eigenvalue weighted by atomic mass is 35.5. The molecule has 1 N–H and O–H groups in total. The Morgan fingerprint density at radius 1 is 1.18 bits per heavy atom. The van der Waals surface area contributed by atoms with Crippen LogP contribution in [0, 0.1) is 5.92 Å². The Hall–Kier alpha value is -2.36. The number of alkyl halides is 3. The second kappa shape index (κ2) is 10.9. The third-order valence-corrected chi connectivity index (χ3v) is 6.65. The minimum Gasteiger partial charge on any atom is -0.379 e. The molecule has 2 fully saturated rings. The van der Waals surface area contributed by atoms with Crippen molar-refractivity contribution in [2.45, 2.75) is 25.1 Å². The van der Waals surface area contributed by atoms with Crippen molar-refractivity contribution in [1.29, 1.82) is 0 Å². The Balaban J connectivity index is 1.43. The van der Waals surface area contributed by atoms with Gasteiger partial charge in [-0.15, -0.1) is 0 Å². The van der Waals surface area contributed by atoms with Gasteiger partial charge in [-0.05, 0) is 42.7 Å². The second-order valence-corrected chi connectivity index (χ2v) is 9.05. The number of carbonyl (C=O) groups is 1. The van der Waals surface area contributed by atoms with Crippen LogP contribution in [-0.2, 0) is 15.7 Å².